The van der Waals surface area contributed by atoms with E-state index >= 15 is 0 Å². The highest BCUT2D eigenvalue weighted by molar-refractivity contribution is 7.99. The van der Waals surface area contributed by atoms with Gasteiger partial charge in [-0.05, 0) is 38.9 Å². The van der Waals surface area contributed by atoms with Crippen LogP contribution >= 0.6 is 11.8 Å². The van der Waals surface area contributed by atoms with Gasteiger partial charge in [-0.3, -0.25) is 4.79 Å². The molecule has 1 fully saturated rings. The predicted octanol–water partition coefficient (Wildman–Crippen LogP) is 1.16. The second-order valence-electron chi connectivity index (χ2n) is 4.46. The molecule has 1 unspecified atom stereocenters. The molecule has 0 aromatic carbocycles. The van der Waals surface area contributed by atoms with Crippen LogP contribution in [0.4, 0.5) is 0 Å². The number of nitrogens with zero attached hydrogens (tertiary/aromatic N) is 1. The number of carbonyl (C=O) groups excluding carboxylic acids is 1. The fourth-order valence-electron chi connectivity index (χ4n) is 1.99. The standard InChI is InChI=1S/C11H21N3O2S/c1-7(10(12)14-16)11(15)13-8-3-5-9(17-2)6-4-8/h7-9,16H,3-6H2,1-2H3,(H2,12,14)(H,13,15). The van der Waals surface area contributed by atoms with Gasteiger partial charge in [0, 0.05) is 11.3 Å². The average molecular weight is 259 g/mol. The van der Waals surface area contributed by atoms with Crippen molar-refractivity contribution >= 4 is 23.5 Å². The fraction of sp³-hybridized carbons (Fsp3) is 0.818. The van der Waals surface area contributed by atoms with Crippen molar-refractivity contribution in [1.29, 1.82) is 0 Å². The molecule has 4 N–H and O–H groups in total. The number of oxime groups is 1. The summed E-state index contributed by atoms with van der Waals surface area (Å²) >= 11 is 1.90. The van der Waals surface area contributed by atoms with Crippen molar-refractivity contribution in [2.24, 2.45) is 16.8 Å². The van der Waals surface area contributed by atoms with Gasteiger partial charge in [0.05, 0.1) is 5.92 Å². The summed E-state index contributed by atoms with van der Waals surface area (Å²) in [6, 6.07) is 0.236. The molecule has 5 nitrogen and oxygen atoms in total. The minimum absolute atomic E-state index is 0.0414. The van der Waals surface area contributed by atoms with E-state index in [0.29, 0.717) is 0 Å². The van der Waals surface area contributed by atoms with Gasteiger partial charge in [-0.25, -0.2) is 0 Å². The zero-order valence-corrected chi connectivity index (χ0v) is 11.2. The largest absolute Gasteiger partial charge is 0.409 e. The first-order valence-electron chi connectivity index (χ1n) is 5.89. The van der Waals surface area contributed by atoms with Crippen LogP contribution in [0.5, 0.6) is 0 Å². The molecule has 0 aromatic rings. The lowest BCUT2D eigenvalue weighted by molar-refractivity contribution is -0.123. The highest BCUT2D eigenvalue weighted by atomic mass is 32.2. The van der Waals surface area contributed by atoms with Crippen LogP contribution in [-0.2, 0) is 4.79 Å². The van der Waals surface area contributed by atoms with Gasteiger partial charge in [-0.2, -0.15) is 11.8 Å². The van der Waals surface area contributed by atoms with Crippen molar-refractivity contribution in [2.45, 2.75) is 43.9 Å². The summed E-state index contributed by atoms with van der Waals surface area (Å²) in [7, 11) is 0. The van der Waals surface area contributed by atoms with E-state index in [1.165, 1.54) is 0 Å². The Balaban J connectivity index is 2.38. The zero-order valence-electron chi connectivity index (χ0n) is 10.3. The second kappa shape index (κ2) is 6.74. The van der Waals surface area contributed by atoms with Crippen molar-refractivity contribution in [1.82, 2.24) is 5.32 Å². The van der Waals surface area contributed by atoms with Crippen molar-refractivity contribution in [3.63, 3.8) is 0 Å². The van der Waals surface area contributed by atoms with Crippen molar-refractivity contribution < 1.29 is 10.0 Å². The van der Waals surface area contributed by atoms with Gasteiger partial charge in [-0.15, -0.1) is 0 Å². The SMILES string of the molecule is CSC1CCC(NC(=O)C(C)C(N)=NO)CC1. The molecule has 1 atom stereocenters. The Morgan fingerprint density at radius 1 is 1.47 bits per heavy atom. The van der Waals surface area contributed by atoms with E-state index < -0.39 is 5.92 Å². The lowest BCUT2D eigenvalue weighted by atomic mass is 9.94. The van der Waals surface area contributed by atoms with Gasteiger partial charge in [0.1, 0.15) is 0 Å². The number of nitrogens with one attached hydrogen (secondary N) is 1. The van der Waals surface area contributed by atoms with Crippen LogP contribution in [0.1, 0.15) is 32.6 Å². The first-order chi connectivity index (χ1) is 8.08. The third-order valence-electron chi connectivity index (χ3n) is 3.31. The Hall–Kier alpha value is -0.910. The second-order valence-corrected chi connectivity index (χ2v) is 5.60. The Kier molecular flexibility index (Phi) is 5.61. The lowest BCUT2D eigenvalue weighted by Crippen LogP contribution is -2.44. The molecule has 1 saturated carbocycles. The third kappa shape index (κ3) is 4.11. The molecule has 17 heavy (non-hydrogen) atoms. The van der Waals surface area contributed by atoms with Gasteiger partial charge in [-0.1, -0.05) is 5.16 Å². The summed E-state index contributed by atoms with van der Waals surface area (Å²) in [5.41, 5.74) is 5.40. The zero-order chi connectivity index (χ0) is 12.8. The van der Waals surface area contributed by atoms with Gasteiger partial charge in [0.2, 0.25) is 5.91 Å². The molecule has 0 bridgehead atoms. The molecule has 0 spiro atoms. The number of amidine groups is 1. The fourth-order valence-corrected chi connectivity index (χ4v) is 2.73. The van der Waals surface area contributed by atoms with E-state index in [-0.39, 0.29) is 17.8 Å². The molecule has 0 aliphatic heterocycles. The maximum absolute atomic E-state index is 11.8. The summed E-state index contributed by atoms with van der Waals surface area (Å²) in [5, 5.41) is 15.0. The van der Waals surface area contributed by atoms with E-state index in [0.717, 1.165) is 30.9 Å². The van der Waals surface area contributed by atoms with Crippen molar-refractivity contribution in [3.8, 4) is 0 Å². The van der Waals surface area contributed by atoms with Gasteiger partial charge in [0.25, 0.3) is 0 Å². The van der Waals surface area contributed by atoms with Crippen LogP contribution in [0, 0.1) is 5.92 Å². The summed E-state index contributed by atoms with van der Waals surface area (Å²) in [4.78, 5) is 11.8. The van der Waals surface area contributed by atoms with Crippen LogP contribution < -0.4 is 11.1 Å². The molecule has 98 valence electrons. The highest BCUT2D eigenvalue weighted by Crippen LogP contribution is 2.26. The van der Waals surface area contributed by atoms with Crippen molar-refractivity contribution in [3.05, 3.63) is 0 Å². The molecule has 1 aliphatic rings. The van der Waals surface area contributed by atoms with Crippen LogP contribution in [0.15, 0.2) is 5.16 Å². The number of thioether (sulfide) groups is 1. The maximum Gasteiger partial charge on any atom is 0.230 e. The number of rotatable bonds is 4. The molecule has 1 aliphatic carbocycles. The molecule has 0 heterocycles. The predicted molar refractivity (Wildman–Crippen MR) is 70.3 cm³/mol. The van der Waals surface area contributed by atoms with Crippen LogP contribution in [-0.4, -0.2) is 34.5 Å². The molecule has 1 rings (SSSR count). The molecular formula is C11H21N3O2S. The minimum Gasteiger partial charge on any atom is -0.409 e. The van der Waals surface area contributed by atoms with Gasteiger partial charge < -0.3 is 16.3 Å². The summed E-state index contributed by atoms with van der Waals surface area (Å²) in [6.07, 6.45) is 6.44. The van der Waals surface area contributed by atoms with E-state index in [1.807, 2.05) is 11.8 Å². The van der Waals surface area contributed by atoms with Gasteiger partial charge in [0.15, 0.2) is 5.84 Å². The summed E-state index contributed by atoms with van der Waals surface area (Å²) in [5.74, 6) is -0.772. The summed E-state index contributed by atoms with van der Waals surface area (Å²) in [6.45, 7) is 1.64. The number of amides is 1. The van der Waals surface area contributed by atoms with Crippen molar-refractivity contribution in [2.75, 3.05) is 6.26 Å². The third-order valence-corrected chi connectivity index (χ3v) is 4.44. The summed E-state index contributed by atoms with van der Waals surface area (Å²) < 4.78 is 0. The van der Waals surface area contributed by atoms with E-state index in [2.05, 4.69) is 16.7 Å². The first kappa shape index (κ1) is 14.2. The molecule has 0 aromatic heterocycles. The normalized spacial score (nSPS) is 27.5. The van der Waals surface area contributed by atoms with E-state index in [9.17, 15) is 4.79 Å². The van der Waals surface area contributed by atoms with E-state index in [4.69, 9.17) is 10.9 Å². The first-order valence-corrected chi connectivity index (χ1v) is 7.17. The number of hydrogen-bond acceptors (Lipinski definition) is 4. The maximum atomic E-state index is 11.8. The molecule has 0 saturated heterocycles. The lowest BCUT2D eigenvalue weighted by Gasteiger charge is -2.28. The molecule has 1 amide bonds. The Labute approximate surface area is 106 Å². The van der Waals surface area contributed by atoms with Crippen LogP contribution in [0.3, 0.4) is 0 Å². The molecular weight excluding hydrogens is 238 g/mol. The Morgan fingerprint density at radius 3 is 2.53 bits per heavy atom. The Bertz CT molecular complexity index is 288. The minimum atomic E-state index is -0.571. The highest BCUT2D eigenvalue weighted by Gasteiger charge is 2.24. The Morgan fingerprint density at radius 2 is 2.06 bits per heavy atom. The average Bonchev–Trinajstić information content (AvgIpc) is 2.37. The monoisotopic (exact) mass is 259 g/mol. The quantitative estimate of drug-likeness (QED) is 0.306. The number of carbonyl (C=O) groups is 1. The van der Waals surface area contributed by atoms with Crippen LogP contribution in [0.2, 0.25) is 0 Å². The van der Waals surface area contributed by atoms with Crippen LogP contribution in [0.25, 0.3) is 0 Å². The van der Waals surface area contributed by atoms with E-state index in [1.54, 1.807) is 6.92 Å². The number of nitrogens with two attached hydrogens (primary N) is 1. The molecule has 0 radical (unpaired) electrons. The smallest absolute Gasteiger partial charge is 0.230 e. The number of hydrogen-bond donors (Lipinski definition) is 3. The molecule has 6 heteroatoms. The topological polar surface area (TPSA) is 87.7 Å². The van der Waals surface area contributed by atoms with Gasteiger partial charge >= 0.3 is 0 Å².